The maximum atomic E-state index is 13.0. The molecule has 54 heavy (non-hydrogen) atoms. The Morgan fingerprint density at radius 3 is 2.33 bits per heavy atom. The number of carbonyl (C=O) groups is 3. The van der Waals surface area contributed by atoms with Gasteiger partial charge in [0.15, 0.2) is 12.1 Å². The molecule has 0 spiro atoms. The molecule has 0 amide bonds. The fraction of sp³-hybridized carbons (Fsp3) is 0.718. The normalized spacial score (nSPS) is 42.3. The Bertz CT molecular complexity index is 1320. The predicted molar refractivity (Wildman–Crippen MR) is 195 cm³/mol. The van der Waals surface area contributed by atoms with Crippen molar-refractivity contribution in [2.24, 2.45) is 17.6 Å². The van der Waals surface area contributed by atoms with E-state index in [0.29, 0.717) is 12.8 Å². The van der Waals surface area contributed by atoms with Gasteiger partial charge in [0.1, 0.15) is 23.9 Å². The number of nitrogens with two attached hydrogens (primary N) is 1. The minimum Gasteiger partial charge on any atom is -0.481 e. The van der Waals surface area contributed by atoms with Crippen LogP contribution in [0.4, 0.5) is 0 Å². The number of hydrogen-bond acceptors (Lipinski definition) is 14. The van der Waals surface area contributed by atoms with Crippen LogP contribution in [0.3, 0.4) is 0 Å². The highest BCUT2D eigenvalue weighted by Gasteiger charge is 2.50. The summed E-state index contributed by atoms with van der Waals surface area (Å²) in [4.78, 5) is 38.2. The Hall–Kier alpha value is -2.83. The molecular formula is C39H61NO14. The van der Waals surface area contributed by atoms with Gasteiger partial charge in [0, 0.05) is 38.5 Å². The Kier molecular flexibility index (Phi) is 18.6. The van der Waals surface area contributed by atoms with Crippen LogP contribution in [0.25, 0.3) is 0 Å². The lowest BCUT2D eigenvalue weighted by molar-refractivity contribution is -0.308. The van der Waals surface area contributed by atoms with E-state index in [1.165, 1.54) is 0 Å². The van der Waals surface area contributed by atoms with Gasteiger partial charge in [-0.2, -0.15) is 0 Å². The van der Waals surface area contributed by atoms with Crippen LogP contribution in [0.1, 0.15) is 91.4 Å². The number of hydrogen-bond donors (Lipinski definition) is 8. The molecular weight excluding hydrogens is 706 g/mol. The summed E-state index contributed by atoms with van der Waals surface area (Å²) in [5.41, 5.74) is 6.00. The molecule has 306 valence electrons. The van der Waals surface area contributed by atoms with Gasteiger partial charge >= 0.3 is 11.9 Å². The molecule has 14 atom stereocenters. The fourth-order valence-corrected chi connectivity index (χ4v) is 7.15. The van der Waals surface area contributed by atoms with Gasteiger partial charge in [-0.15, -0.1) is 0 Å². The van der Waals surface area contributed by atoms with Crippen molar-refractivity contribution in [2.75, 3.05) is 0 Å². The minimum atomic E-state index is -2.15. The molecule has 2 bridgehead atoms. The second-order valence-corrected chi connectivity index (χ2v) is 14.7. The van der Waals surface area contributed by atoms with E-state index < -0.39 is 110 Å². The topological polar surface area (TPSA) is 256 Å². The molecule has 0 aromatic heterocycles. The van der Waals surface area contributed by atoms with Gasteiger partial charge in [0.2, 0.25) is 0 Å². The molecule has 3 aliphatic heterocycles. The zero-order chi connectivity index (χ0) is 40.0. The van der Waals surface area contributed by atoms with Crippen molar-refractivity contribution in [3.63, 3.8) is 0 Å². The molecule has 15 nitrogen and oxygen atoms in total. The SMILES string of the molecule is CCCC1C\C=C/C=C/C=C/C=C/C(O[C@@H]2O[C@H](C)[C@@H](O)[C@H](N)[C@@H]2O)C[C@@H]2O[C@](O)(C[C@@H](O)CCCC(=O)C[C@@H](O)C(CC)C(=O)O1)C[C@H](O)[C@H]2C(=O)O. The molecule has 0 aromatic carbocycles. The van der Waals surface area contributed by atoms with Crippen molar-refractivity contribution in [2.45, 2.75) is 164 Å². The zero-order valence-electron chi connectivity index (χ0n) is 31.5. The molecule has 2 saturated heterocycles. The van der Waals surface area contributed by atoms with Gasteiger partial charge in [-0.3, -0.25) is 14.4 Å². The van der Waals surface area contributed by atoms with Crippen LogP contribution in [-0.4, -0.2) is 127 Å². The number of Topliss-reactive ketones (excluding diaryl/α,β-unsaturated/α-hetero) is 1. The molecule has 0 aliphatic carbocycles. The monoisotopic (exact) mass is 767 g/mol. The second-order valence-electron chi connectivity index (χ2n) is 14.7. The van der Waals surface area contributed by atoms with Crippen molar-refractivity contribution >= 4 is 17.7 Å². The Labute approximate surface area is 317 Å². The molecule has 2 fully saturated rings. The first-order valence-electron chi connectivity index (χ1n) is 19.1. The number of rotatable bonds is 6. The molecule has 9 N–H and O–H groups in total. The van der Waals surface area contributed by atoms with E-state index in [1.807, 2.05) is 13.0 Å². The maximum Gasteiger partial charge on any atom is 0.311 e. The lowest BCUT2D eigenvalue weighted by atomic mass is 9.83. The molecule has 0 saturated carbocycles. The number of carboxylic acids is 1. The lowest BCUT2D eigenvalue weighted by Crippen LogP contribution is -2.61. The Morgan fingerprint density at radius 2 is 1.67 bits per heavy atom. The fourth-order valence-electron chi connectivity index (χ4n) is 7.15. The van der Waals surface area contributed by atoms with E-state index in [2.05, 4.69) is 0 Å². The highest BCUT2D eigenvalue weighted by atomic mass is 16.7. The van der Waals surface area contributed by atoms with Crippen LogP contribution in [0, 0.1) is 11.8 Å². The standard InChI is InChI=1S/C39H61NO14/c1-4-14-26-17-11-9-7-6-8-10-12-18-27(53-38-35(46)33(40)34(45)23(3)51-38)20-31-32(36(47)48)30(44)22-39(50,54-31)21-25(42)16-13-15-24(41)19-29(43)28(5-2)37(49)52-26/h6-12,18,23,25-35,38,42-46,50H,4-5,13-17,19-22,40H2,1-3H3,(H,47,48)/b7-6+,10-8+,11-9-,18-12+/t23-,25+,26?,27?,28?,29-,30+,31+,32-,33+,34-,35+,38+,39-/m1/s1. The van der Waals surface area contributed by atoms with Crippen molar-refractivity contribution in [1.82, 2.24) is 0 Å². The van der Waals surface area contributed by atoms with Gasteiger partial charge in [0.25, 0.3) is 0 Å². The number of carboxylic acid groups (broad SMARTS) is 1. The van der Waals surface area contributed by atoms with Crippen LogP contribution in [0.5, 0.6) is 0 Å². The minimum absolute atomic E-state index is 0.0177. The molecule has 3 rings (SSSR count). The summed E-state index contributed by atoms with van der Waals surface area (Å²) in [7, 11) is 0. The average molecular weight is 768 g/mol. The van der Waals surface area contributed by atoms with Crippen molar-refractivity contribution in [3.05, 3.63) is 48.6 Å². The number of esters is 1. The third-order valence-electron chi connectivity index (χ3n) is 10.2. The number of cyclic esters (lactones) is 1. The first kappa shape index (κ1) is 45.6. The molecule has 3 heterocycles. The van der Waals surface area contributed by atoms with E-state index in [1.54, 1.807) is 56.4 Å². The van der Waals surface area contributed by atoms with E-state index in [4.69, 9.17) is 24.7 Å². The van der Waals surface area contributed by atoms with Gasteiger partial charge in [0.05, 0.1) is 54.7 Å². The van der Waals surface area contributed by atoms with Crippen LogP contribution in [0.15, 0.2) is 48.6 Å². The van der Waals surface area contributed by atoms with Gasteiger partial charge < -0.3 is 60.4 Å². The Morgan fingerprint density at radius 1 is 0.981 bits per heavy atom. The average Bonchev–Trinajstić information content (AvgIpc) is 3.08. The molecule has 0 aromatic rings. The summed E-state index contributed by atoms with van der Waals surface area (Å²) in [6, 6.07) is -1.10. The first-order chi connectivity index (χ1) is 25.6. The summed E-state index contributed by atoms with van der Waals surface area (Å²) in [5.74, 6) is -6.81. The van der Waals surface area contributed by atoms with Crippen molar-refractivity contribution in [1.29, 1.82) is 0 Å². The largest absolute Gasteiger partial charge is 0.481 e. The number of ketones is 1. The number of allylic oxidation sites excluding steroid dienone is 6. The second kappa shape index (κ2) is 22.0. The lowest BCUT2D eigenvalue weighted by Gasteiger charge is -2.45. The number of aliphatic hydroxyl groups is 6. The number of carbonyl (C=O) groups excluding carboxylic acids is 2. The van der Waals surface area contributed by atoms with Gasteiger partial charge in [-0.1, -0.05) is 68.9 Å². The number of aliphatic carboxylic acids is 1. The van der Waals surface area contributed by atoms with Crippen molar-refractivity contribution < 1.29 is 69.1 Å². The highest BCUT2D eigenvalue weighted by Crippen LogP contribution is 2.38. The van der Waals surface area contributed by atoms with Crippen LogP contribution in [0.2, 0.25) is 0 Å². The number of aliphatic hydroxyl groups excluding tert-OH is 5. The highest BCUT2D eigenvalue weighted by molar-refractivity contribution is 5.80. The summed E-state index contributed by atoms with van der Waals surface area (Å²) >= 11 is 0. The Balaban J connectivity index is 1.90. The number of ether oxygens (including phenoxy) is 4. The molecule has 3 unspecified atom stereocenters. The summed E-state index contributed by atoms with van der Waals surface area (Å²) in [5, 5.41) is 75.1. The molecule has 3 aliphatic rings. The van der Waals surface area contributed by atoms with E-state index in [0.717, 1.165) is 6.42 Å². The summed E-state index contributed by atoms with van der Waals surface area (Å²) < 4.78 is 23.4. The maximum absolute atomic E-state index is 13.0. The van der Waals surface area contributed by atoms with Crippen LogP contribution in [-0.2, 0) is 33.3 Å². The van der Waals surface area contributed by atoms with Crippen LogP contribution < -0.4 is 5.73 Å². The number of fused-ring (bicyclic) bond motifs is 2. The van der Waals surface area contributed by atoms with E-state index in [9.17, 15) is 50.1 Å². The first-order valence-corrected chi connectivity index (χ1v) is 19.1. The predicted octanol–water partition coefficient (Wildman–Crippen LogP) is 1.70. The van der Waals surface area contributed by atoms with Crippen LogP contribution >= 0.6 is 0 Å². The van der Waals surface area contributed by atoms with E-state index in [-0.39, 0.29) is 44.3 Å². The van der Waals surface area contributed by atoms with Gasteiger partial charge in [-0.25, -0.2) is 0 Å². The quantitative estimate of drug-likeness (QED) is 0.179. The summed E-state index contributed by atoms with van der Waals surface area (Å²) in [6.07, 6.45) is 2.99. The smallest absolute Gasteiger partial charge is 0.311 e. The molecule has 15 heteroatoms. The van der Waals surface area contributed by atoms with E-state index >= 15 is 0 Å². The molecule has 0 radical (unpaired) electrons. The van der Waals surface area contributed by atoms with Gasteiger partial charge in [-0.05, 0) is 32.6 Å². The third-order valence-corrected chi connectivity index (χ3v) is 10.2. The summed E-state index contributed by atoms with van der Waals surface area (Å²) in [6.45, 7) is 5.27. The zero-order valence-corrected chi connectivity index (χ0v) is 31.5. The third kappa shape index (κ3) is 13.7. The van der Waals surface area contributed by atoms with Crippen molar-refractivity contribution in [3.8, 4) is 0 Å².